The molecule has 0 spiro atoms. The van der Waals surface area contributed by atoms with Crippen molar-refractivity contribution < 1.29 is 4.79 Å². The molecule has 1 aromatic carbocycles. The molecular weight excluding hydrogens is 403 g/mol. The zero-order chi connectivity index (χ0) is 19.1. The van der Waals surface area contributed by atoms with Crippen molar-refractivity contribution in [3.05, 3.63) is 38.8 Å². The minimum Gasteiger partial charge on any atom is -0.375 e. The first kappa shape index (κ1) is 18.8. The lowest BCUT2D eigenvalue weighted by atomic mass is 9.77. The van der Waals surface area contributed by atoms with Crippen molar-refractivity contribution in [2.24, 2.45) is 17.6 Å². The second kappa shape index (κ2) is 7.49. The molecule has 4 rings (SSSR count). The van der Waals surface area contributed by atoms with Crippen molar-refractivity contribution in [2.75, 3.05) is 17.2 Å². The van der Waals surface area contributed by atoms with E-state index in [-0.39, 0.29) is 17.9 Å². The number of hydrogen-bond acceptors (Lipinski definition) is 5. The van der Waals surface area contributed by atoms with Crippen molar-refractivity contribution in [2.45, 2.75) is 38.1 Å². The summed E-state index contributed by atoms with van der Waals surface area (Å²) in [6.45, 7) is 0.743. The Kier molecular flexibility index (Phi) is 5.23. The number of nitrogens with two attached hydrogens (primary N) is 2. The van der Waals surface area contributed by atoms with Crippen molar-refractivity contribution in [1.29, 1.82) is 0 Å². The first-order valence-corrected chi connectivity index (χ1v) is 10.7. The van der Waals surface area contributed by atoms with Crippen LogP contribution in [0, 0.1) is 11.8 Å². The summed E-state index contributed by atoms with van der Waals surface area (Å²) in [5.74, 6) is 0.0852. The van der Waals surface area contributed by atoms with E-state index in [1.54, 1.807) is 17.4 Å². The summed E-state index contributed by atoms with van der Waals surface area (Å²) in [5, 5.41) is 1.75. The summed E-state index contributed by atoms with van der Waals surface area (Å²) in [5.41, 5.74) is 13.6. The van der Waals surface area contributed by atoms with Crippen LogP contribution in [-0.4, -0.2) is 23.5 Å². The predicted molar refractivity (Wildman–Crippen MR) is 112 cm³/mol. The molecule has 1 aliphatic carbocycles. The fourth-order valence-electron chi connectivity index (χ4n) is 4.46. The van der Waals surface area contributed by atoms with Crippen LogP contribution in [0.4, 0.5) is 10.8 Å². The van der Waals surface area contributed by atoms with E-state index in [2.05, 4.69) is 9.88 Å². The van der Waals surface area contributed by atoms with Gasteiger partial charge in [0.1, 0.15) is 0 Å². The van der Waals surface area contributed by atoms with Gasteiger partial charge in [0, 0.05) is 23.4 Å². The van der Waals surface area contributed by atoms with Crippen LogP contribution in [-0.2, 0) is 17.6 Å². The first-order chi connectivity index (χ1) is 12.9. The zero-order valence-electron chi connectivity index (χ0n) is 14.8. The van der Waals surface area contributed by atoms with E-state index in [0.29, 0.717) is 21.1 Å². The summed E-state index contributed by atoms with van der Waals surface area (Å²) in [6.07, 6.45) is 4.34. The summed E-state index contributed by atoms with van der Waals surface area (Å²) in [6, 6.07) is 5.91. The lowest BCUT2D eigenvalue weighted by molar-refractivity contribution is -0.122. The number of thiazole rings is 1. The summed E-state index contributed by atoms with van der Waals surface area (Å²) >= 11 is 14.4. The van der Waals surface area contributed by atoms with Crippen LogP contribution in [0.2, 0.25) is 10.0 Å². The zero-order valence-corrected chi connectivity index (χ0v) is 17.2. The topological polar surface area (TPSA) is 85.2 Å². The van der Waals surface area contributed by atoms with Gasteiger partial charge in [-0.25, -0.2) is 4.98 Å². The molecule has 0 radical (unpaired) electrons. The molecule has 1 amide bonds. The van der Waals surface area contributed by atoms with Crippen LogP contribution in [0.1, 0.15) is 29.8 Å². The number of aryl methyl sites for hydroxylation is 1. The monoisotopic (exact) mass is 424 g/mol. The normalized spacial score (nSPS) is 25.3. The minimum absolute atomic E-state index is 0.0999. The van der Waals surface area contributed by atoms with Crippen molar-refractivity contribution in [3.63, 3.8) is 0 Å². The first-order valence-electron chi connectivity index (χ1n) is 9.18. The highest BCUT2D eigenvalue weighted by Gasteiger charge is 2.38. The smallest absolute Gasteiger partial charge is 0.220 e. The molecule has 1 fully saturated rings. The number of carbonyl (C=O) groups excluding carboxylic acids is 1. The fraction of sp³-hybridized carbons (Fsp3) is 0.474. The Labute approximate surface area is 172 Å². The van der Waals surface area contributed by atoms with Crippen molar-refractivity contribution >= 4 is 51.3 Å². The molecule has 2 heterocycles. The third-order valence-corrected chi connectivity index (χ3v) is 7.58. The van der Waals surface area contributed by atoms with Crippen molar-refractivity contribution in [3.8, 4) is 0 Å². The number of halogens is 2. The van der Waals surface area contributed by atoms with Gasteiger partial charge in [-0.2, -0.15) is 0 Å². The Balaban J connectivity index is 1.66. The molecule has 3 atom stereocenters. The number of piperidine rings is 1. The fourth-order valence-corrected chi connectivity index (χ4v) is 5.84. The van der Waals surface area contributed by atoms with Gasteiger partial charge >= 0.3 is 0 Å². The second-order valence-corrected chi connectivity index (χ2v) is 9.28. The Morgan fingerprint density at radius 3 is 2.89 bits per heavy atom. The van der Waals surface area contributed by atoms with Gasteiger partial charge in [-0.1, -0.05) is 29.3 Å². The van der Waals surface area contributed by atoms with E-state index in [4.69, 9.17) is 34.7 Å². The Morgan fingerprint density at radius 2 is 2.11 bits per heavy atom. The van der Waals surface area contributed by atoms with Gasteiger partial charge in [0.15, 0.2) is 5.13 Å². The van der Waals surface area contributed by atoms with Crippen LogP contribution in [0.3, 0.4) is 0 Å². The van der Waals surface area contributed by atoms with E-state index >= 15 is 0 Å². The molecule has 2 aromatic rings. The summed E-state index contributed by atoms with van der Waals surface area (Å²) in [4.78, 5) is 19.9. The number of anilines is 2. The molecular formula is C19H22Cl2N4OS. The highest BCUT2D eigenvalue weighted by molar-refractivity contribution is 7.15. The number of amides is 1. The molecule has 1 aromatic heterocycles. The highest BCUT2D eigenvalue weighted by Crippen LogP contribution is 2.42. The average Bonchev–Trinajstić information content (AvgIpc) is 3.02. The van der Waals surface area contributed by atoms with E-state index < -0.39 is 0 Å². The number of rotatable bonds is 3. The van der Waals surface area contributed by atoms with Crippen LogP contribution in [0.25, 0.3) is 0 Å². The van der Waals surface area contributed by atoms with E-state index in [1.807, 2.05) is 12.1 Å². The molecule has 0 bridgehead atoms. The number of fused-ring (bicyclic) bond motifs is 1. The maximum Gasteiger partial charge on any atom is 0.220 e. The third-order valence-electron chi connectivity index (χ3n) is 5.83. The number of nitrogens with zero attached hydrogens (tertiary/aromatic N) is 2. The molecule has 8 heteroatoms. The van der Waals surface area contributed by atoms with Crippen LogP contribution in [0.15, 0.2) is 18.2 Å². The molecule has 0 saturated carbocycles. The second-order valence-electron chi connectivity index (χ2n) is 7.38. The maximum absolute atomic E-state index is 11.9. The minimum atomic E-state index is -0.213. The van der Waals surface area contributed by atoms with Gasteiger partial charge in [0.25, 0.3) is 0 Å². The van der Waals surface area contributed by atoms with Gasteiger partial charge in [-0.05, 0) is 50.2 Å². The standard InChI is InChI=1S/C19H22Cl2N4OS/c20-12-2-1-3-14(17(12)21)25-7-6-11(18(22)26)8-15(25)10-4-5-13-16(9-10)27-19(23)24-13/h1-3,10-11,15H,4-9H2,(H2,22,26)(H2,23,24). The molecule has 5 nitrogen and oxygen atoms in total. The van der Waals surface area contributed by atoms with Crippen LogP contribution < -0.4 is 16.4 Å². The van der Waals surface area contributed by atoms with Gasteiger partial charge in [-0.15, -0.1) is 11.3 Å². The number of carbonyl (C=O) groups is 1. The highest BCUT2D eigenvalue weighted by atomic mass is 35.5. The molecule has 2 aliphatic rings. The number of primary amides is 1. The van der Waals surface area contributed by atoms with Gasteiger partial charge < -0.3 is 16.4 Å². The Bertz CT molecular complexity index is 871. The van der Waals surface area contributed by atoms with E-state index in [1.165, 1.54) is 4.88 Å². The lowest BCUT2D eigenvalue weighted by Gasteiger charge is -2.45. The van der Waals surface area contributed by atoms with Gasteiger partial charge in [-0.3, -0.25) is 4.79 Å². The third kappa shape index (κ3) is 3.62. The number of hydrogen-bond donors (Lipinski definition) is 2. The molecule has 3 unspecified atom stereocenters. The quantitative estimate of drug-likeness (QED) is 0.781. The maximum atomic E-state index is 11.9. The summed E-state index contributed by atoms with van der Waals surface area (Å²) in [7, 11) is 0. The molecule has 4 N–H and O–H groups in total. The van der Waals surface area contributed by atoms with Crippen LogP contribution in [0.5, 0.6) is 0 Å². The number of nitrogen functional groups attached to an aromatic ring is 1. The molecule has 27 heavy (non-hydrogen) atoms. The largest absolute Gasteiger partial charge is 0.375 e. The number of benzene rings is 1. The van der Waals surface area contributed by atoms with E-state index in [9.17, 15) is 4.79 Å². The predicted octanol–water partition coefficient (Wildman–Crippen LogP) is 3.91. The Hall–Kier alpha value is -1.50. The molecule has 1 saturated heterocycles. The summed E-state index contributed by atoms with van der Waals surface area (Å²) < 4.78 is 0. The average molecular weight is 425 g/mol. The van der Waals surface area contributed by atoms with E-state index in [0.717, 1.165) is 50.0 Å². The van der Waals surface area contributed by atoms with Gasteiger partial charge in [0.2, 0.25) is 5.91 Å². The van der Waals surface area contributed by atoms with Crippen molar-refractivity contribution in [1.82, 2.24) is 4.98 Å². The Morgan fingerprint density at radius 1 is 1.30 bits per heavy atom. The SMILES string of the molecule is NC(=O)C1CCN(c2cccc(Cl)c2Cl)C(C2CCc3nc(N)sc3C2)C1. The molecule has 144 valence electrons. The molecule has 1 aliphatic heterocycles. The van der Waals surface area contributed by atoms with Crippen LogP contribution >= 0.6 is 34.5 Å². The van der Waals surface area contributed by atoms with Gasteiger partial charge in [0.05, 0.1) is 21.4 Å². The lowest BCUT2D eigenvalue weighted by Crippen LogP contribution is -2.50. The number of aromatic nitrogens is 1.